The lowest BCUT2D eigenvalue weighted by atomic mass is 9.91. The van der Waals surface area contributed by atoms with E-state index in [9.17, 15) is 5.11 Å². The average molecular weight is 219 g/mol. The lowest BCUT2D eigenvalue weighted by Gasteiger charge is -2.22. The van der Waals surface area contributed by atoms with E-state index in [4.69, 9.17) is 0 Å². The molecule has 2 N–H and O–H groups in total. The van der Waals surface area contributed by atoms with Crippen molar-refractivity contribution in [2.24, 2.45) is 5.92 Å². The Bertz CT molecular complexity index is 343. The normalized spacial score (nSPS) is 20.9. The first-order valence-electron chi connectivity index (χ1n) is 6.30. The van der Waals surface area contributed by atoms with Crippen LogP contribution < -0.4 is 5.32 Å². The van der Waals surface area contributed by atoms with E-state index >= 15 is 0 Å². The predicted octanol–water partition coefficient (Wildman–Crippen LogP) is 2.50. The standard InChI is InChI=1S/C14H21NO/c1-2-11-6-13(9-14(16)8-11)7-12-4-3-5-15-10-12/h6,8-9,12,15-16H,2-5,7,10H2,1H3. The molecule has 0 saturated carbocycles. The van der Waals surface area contributed by atoms with Crippen LogP contribution in [0.25, 0.3) is 0 Å². The smallest absolute Gasteiger partial charge is 0.116 e. The monoisotopic (exact) mass is 219 g/mol. The second kappa shape index (κ2) is 5.35. The van der Waals surface area contributed by atoms with Crippen LogP contribution in [0.3, 0.4) is 0 Å². The summed E-state index contributed by atoms with van der Waals surface area (Å²) in [5, 5.41) is 13.1. The topological polar surface area (TPSA) is 32.3 Å². The van der Waals surface area contributed by atoms with Gasteiger partial charge in [-0.15, -0.1) is 0 Å². The molecule has 0 radical (unpaired) electrons. The lowest BCUT2D eigenvalue weighted by molar-refractivity contribution is 0.375. The van der Waals surface area contributed by atoms with Gasteiger partial charge in [0.25, 0.3) is 0 Å². The molecule has 1 atom stereocenters. The molecule has 88 valence electrons. The number of aromatic hydroxyl groups is 1. The highest BCUT2D eigenvalue weighted by atomic mass is 16.3. The molecular formula is C14H21NO. The summed E-state index contributed by atoms with van der Waals surface area (Å²) < 4.78 is 0. The molecule has 0 aromatic heterocycles. The summed E-state index contributed by atoms with van der Waals surface area (Å²) in [5.41, 5.74) is 2.52. The Morgan fingerprint density at radius 2 is 2.12 bits per heavy atom. The van der Waals surface area contributed by atoms with Gasteiger partial charge >= 0.3 is 0 Å². The summed E-state index contributed by atoms with van der Waals surface area (Å²) in [5.74, 6) is 1.15. The molecule has 1 aromatic carbocycles. The van der Waals surface area contributed by atoms with Crippen molar-refractivity contribution < 1.29 is 5.11 Å². The first kappa shape index (κ1) is 11.5. The van der Waals surface area contributed by atoms with Gasteiger partial charge in [0, 0.05) is 0 Å². The largest absolute Gasteiger partial charge is 0.508 e. The molecule has 0 amide bonds. The van der Waals surface area contributed by atoms with E-state index in [-0.39, 0.29) is 0 Å². The van der Waals surface area contributed by atoms with Crippen LogP contribution in [-0.2, 0) is 12.8 Å². The van der Waals surface area contributed by atoms with Crippen molar-refractivity contribution in [3.05, 3.63) is 29.3 Å². The van der Waals surface area contributed by atoms with Crippen LogP contribution in [0.5, 0.6) is 5.75 Å². The molecule has 1 aromatic rings. The van der Waals surface area contributed by atoms with Crippen LogP contribution in [0.1, 0.15) is 30.9 Å². The van der Waals surface area contributed by atoms with Gasteiger partial charge < -0.3 is 10.4 Å². The zero-order valence-corrected chi connectivity index (χ0v) is 10.00. The highest BCUT2D eigenvalue weighted by Gasteiger charge is 2.13. The quantitative estimate of drug-likeness (QED) is 0.818. The van der Waals surface area contributed by atoms with Gasteiger partial charge in [0.15, 0.2) is 0 Å². The van der Waals surface area contributed by atoms with E-state index in [2.05, 4.69) is 18.3 Å². The fourth-order valence-corrected chi connectivity index (χ4v) is 2.50. The maximum atomic E-state index is 9.64. The molecule has 16 heavy (non-hydrogen) atoms. The van der Waals surface area contributed by atoms with Gasteiger partial charge in [0.05, 0.1) is 0 Å². The van der Waals surface area contributed by atoms with E-state index in [0.29, 0.717) is 5.75 Å². The van der Waals surface area contributed by atoms with Crippen LogP contribution >= 0.6 is 0 Å². The molecule has 2 heteroatoms. The Balaban J connectivity index is 2.04. The molecule has 0 aliphatic carbocycles. The van der Waals surface area contributed by atoms with Gasteiger partial charge in [-0.25, -0.2) is 0 Å². The van der Waals surface area contributed by atoms with Crippen molar-refractivity contribution in [3.63, 3.8) is 0 Å². The fraction of sp³-hybridized carbons (Fsp3) is 0.571. The first-order valence-corrected chi connectivity index (χ1v) is 6.30. The molecule has 1 aliphatic rings. The summed E-state index contributed by atoms with van der Waals surface area (Å²) in [6, 6.07) is 6.00. The molecule has 1 heterocycles. The van der Waals surface area contributed by atoms with Crippen LogP contribution in [0, 0.1) is 5.92 Å². The van der Waals surface area contributed by atoms with Crippen molar-refractivity contribution in [3.8, 4) is 5.75 Å². The number of benzene rings is 1. The maximum absolute atomic E-state index is 9.64. The third-order valence-electron chi connectivity index (χ3n) is 3.37. The minimum Gasteiger partial charge on any atom is -0.508 e. The van der Waals surface area contributed by atoms with Crippen molar-refractivity contribution in [1.29, 1.82) is 0 Å². The first-order chi connectivity index (χ1) is 7.78. The zero-order valence-electron chi connectivity index (χ0n) is 10.00. The van der Waals surface area contributed by atoms with Gasteiger partial charge in [-0.2, -0.15) is 0 Å². The second-order valence-electron chi connectivity index (χ2n) is 4.78. The summed E-state index contributed by atoms with van der Waals surface area (Å²) in [6.07, 6.45) is 4.67. The lowest BCUT2D eigenvalue weighted by Crippen LogP contribution is -2.30. The Kier molecular flexibility index (Phi) is 3.83. The molecule has 1 fully saturated rings. The van der Waals surface area contributed by atoms with Gasteiger partial charge in [-0.05, 0) is 68.0 Å². The molecule has 2 rings (SSSR count). The minimum atomic E-state index is 0.415. The van der Waals surface area contributed by atoms with Crippen molar-refractivity contribution in [2.75, 3.05) is 13.1 Å². The molecule has 1 saturated heterocycles. The van der Waals surface area contributed by atoms with E-state index in [0.717, 1.165) is 31.8 Å². The van der Waals surface area contributed by atoms with E-state index in [1.54, 1.807) is 0 Å². The summed E-state index contributed by atoms with van der Waals surface area (Å²) in [4.78, 5) is 0. The number of nitrogens with one attached hydrogen (secondary N) is 1. The SMILES string of the molecule is CCc1cc(O)cc(CC2CCCNC2)c1. The van der Waals surface area contributed by atoms with E-state index in [1.165, 1.54) is 24.0 Å². The average Bonchev–Trinajstić information content (AvgIpc) is 2.29. The molecule has 2 nitrogen and oxygen atoms in total. The number of piperidine rings is 1. The molecule has 1 aliphatic heterocycles. The predicted molar refractivity (Wildman–Crippen MR) is 66.8 cm³/mol. The van der Waals surface area contributed by atoms with E-state index in [1.807, 2.05) is 12.1 Å². The zero-order chi connectivity index (χ0) is 11.4. The van der Waals surface area contributed by atoms with Crippen molar-refractivity contribution >= 4 is 0 Å². The second-order valence-corrected chi connectivity index (χ2v) is 4.78. The van der Waals surface area contributed by atoms with Gasteiger partial charge in [-0.3, -0.25) is 0 Å². The van der Waals surface area contributed by atoms with Gasteiger partial charge in [0.2, 0.25) is 0 Å². The number of phenolic OH excluding ortho intramolecular Hbond substituents is 1. The number of phenols is 1. The van der Waals surface area contributed by atoms with Crippen LogP contribution in [0.4, 0.5) is 0 Å². The summed E-state index contributed by atoms with van der Waals surface area (Å²) >= 11 is 0. The summed E-state index contributed by atoms with van der Waals surface area (Å²) in [7, 11) is 0. The Labute approximate surface area is 97.7 Å². The summed E-state index contributed by atoms with van der Waals surface area (Å²) in [6.45, 7) is 4.41. The van der Waals surface area contributed by atoms with Crippen molar-refractivity contribution in [2.45, 2.75) is 32.6 Å². The van der Waals surface area contributed by atoms with Crippen molar-refractivity contribution in [1.82, 2.24) is 5.32 Å². The van der Waals surface area contributed by atoms with Crippen LogP contribution in [0.2, 0.25) is 0 Å². The number of aryl methyl sites for hydroxylation is 1. The van der Waals surface area contributed by atoms with Gasteiger partial charge in [-0.1, -0.05) is 13.0 Å². The highest BCUT2D eigenvalue weighted by Crippen LogP contribution is 2.21. The number of hydrogen-bond donors (Lipinski definition) is 2. The van der Waals surface area contributed by atoms with Crippen LogP contribution in [0.15, 0.2) is 18.2 Å². The highest BCUT2D eigenvalue weighted by molar-refractivity contribution is 5.33. The third kappa shape index (κ3) is 2.99. The number of hydrogen-bond acceptors (Lipinski definition) is 2. The maximum Gasteiger partial charge on any atom is 0.116 e. The third-order valence-corrected chi connectivity index (χ3v) is 3.37. The molecule has 0 bridgehead atoms. The molecule has 0 spiro atoms. The Morgan fingerprint density at radius 1 is 1.31 bits per heavy atom. The van der Waals surface area contributed by atoms with E-state index < -0.39 is 0 Å². The van der Waals surface area contributed by atoms with Crippen LogP contribution in [-0.4, -0.2) is 18.2 Å². The minimum absolute atomic E-state index is 0.415. The Morgan fingerprint density at radius 3 is 2.81 bits per heavy atom. The fourth-order valence-electron chi connectivity index (χ4n) is 2.50. The number of rotatable bonds is 3. The molecular weight excluding hydrogens is 198 g/mol. The Hall–Kier alpha value is -1.02. The van der Waals surface area contributed by atoms with Gasteiger partial charge in [0.1, 0.15) is 5.75 Å². The molecule has 1 unspecified atom stereocenters.